The molecule has 0 aliphatic carbocycles. The minimum absolute atomic E-state index is 0.230. The quantitative estimate of drug-likeness (QED) is 0.569. The van der Waals surface area contributed by atoms with Gasteiger partial charge in [-0.15, -0.1) is 6.42 Å². The van der Waals surface area contributed by atoms with Crippen molar-refractivity contribution >= 4 is 0 Å². The zero-order valence-electron chi connectivity index (χ0n) is 14.2. The van der Waals surface area contributed by atoms with Crippen molar-refractivity contribution < 1.29 is 9.84 Å². The number of aliphatic hydroxyl groups excluding tert-OH is 1. The highest BCUT2D eigenvalue weighted by atomic mass is 16.5. The van der Waals surface area contributed by atoms with Crippen LogP contribution in [0.25, 0.3) is 0 Å². The zero-order valence-corrected chi connectivity index (χ0v) is 14.2. The van der Waals surface area contributed by atoms with Crippen molar-refractivity contribution in [3.05, 3.63) is 71.3 Å². The Morgan fingerprint density at radius 1 is 1.04 bits per heavy atom. The van der Waals surface area contributed by atoms with Gasteiger partial charge in [0.05, 0.1) is 12.7 Å². The molecule has 0 fully saturated rings. The number of terminal acetylenes is 1. The third kappa shape index (κ3) is 6.55. The van der Waals surface area contributed by atoms with E-state index in [4.69, 9.17) is 11.2 Å². The summed E-state index contributed by atoms with van der Waals surface area (Å²) >= 11 is 0. The van der Waals surface area contributed by atoms with Crippen LogP contribution in [0, 0.1) is 19.3 Å². The predicted molar refractivity (Wildman–Crippen MR) is 97.4 cm³/mol. The number of hydrogen-bond acceptors (Lipinski definition) is 3. The molecule has 0 aromatic heterocycles. The summed E-state index contributed by atoms with van der Waals surface area (Å²) in [5.74, 6) is 2.41. The van der Waals surface area contributed by atoms with Crippen LogP contribution in [0.5, 0.6) is 0 Å². The van der Waals surface area contributed by atoms with Gasteiger partial charge in [0.25, 0.3) is 0 Å². The third-order valence-electron chi connectivity index (χ3n) is 3.74. The largest absolute Gasteiger partial charge is 0.389 e. The smallest absolute Gasteiger partial charge is 0.107 e. The Morgan fingerprint density at radius 2 is 1.67 bits per heavy atom. The van der Waals surface area contributed by atoms with Crippen LogP contribution in [-0.4, -0.2) is 35.9 Å². The first-order valence-corrected chi connectivity index (χ1v) is 8.18. The normalized spacial score (nSPS) is 12.1. The molecular formula is C21H25NO2. The Bertz CT molecular complexity index is 631. The standard InChI is InChI=1S/C21H25NO2/c1-3-13-24-17-21(23)16-22(14-19-7-5-4-6-8-19)15-20-11-9-18(2)10-12-20/h1,4-12,21,23H,13-17H2,2H3/t21-/m1/s1. The second-order valence-corrected chi connectivity index (χ2v) is 6.01. The van der Waals surface area contributed by atoms with Crippen molar-refractivity contribution in [3.63, 3.8) is 0 Å². The lowest BCUT2D eigenvalue weighted by Gasteiger charge is -2.25. The van der Waals surface area contributed by atoms with Gasteiger partial charge in [0.2, 0.25) is 0 Å². The Kier molecular flexibility index (Phi) is 7.51. The lowest BCUT2D eigenvalue weighted by atomic mass is 10.1. The average molecular weight is 323 g/mol. The summed E-state index contributed by atoms with van der Waals surface area (Å²) in [4.78, 5) is 2.23. The molecule has 0 saturated heterocycles. The average Bonchev–Trinajstić information content (AvgIpc) is 2.58. The van der Waals surface area contributed by atoms with Crippen LogP contribution in [-0.2, 0) is 17.8 Å². The van der Waals surface area contributed by atoms with Gasteiger partial charge in [0.15, 0.2) is 0 Å². The van der Waals surface area contributed by atoms with E-state index in [1.807, 2.05) is 18.2 Å². The van der Waals surface area contributed by atoms with Crippen molar-refractivity contribution in [2.75, 3.05) is 19.8 Å². The van der Waals surface area contributed by atoms with Gasteiger partial charge in [-0.2, -0.15) is 0 Å². The highest BCUT2D eigenvalue weighted by molar-refractivity contribution is 5.21. The molecule has 0 aliphatic heterocycles. The molecule has 0 saturated carbocycles. The summed E-state index contributed by atoms with van der Waals surface area (Å²) in [6.45, 7) is 4.66. The Hall–Kier alpha value is -2.12. The molecule has 1 atom stereocenters. The van der Waals surface area contributed by atoms with E-state index in [0.29, 0.717) is 6.54 Å². The first-order valence-electron chi connectivity index (χ1n) is 8.18. The second-order valence-electron chi connectivity index (χ2n) is 6.01. The van der Waals surface area contributed by atoms with Crippen LogP contribution in [0.1, 0.15) is 16.7 Å². The highest BCUT2D eigenvalue weighted by Gasteiger charge is 2.13. The topological polar surface area (TPSA) is 32.7 Å². The summed E-state index contributed by atoms with van der Waals surface area (Å²) in [6, 6.07) is 18.8. The van der Waals surface area contributed by atoms with E-state index in [9.17, 15) is 5.11 Å². The summed E-state index contributed by atoms with van der Waals surface area (Å²) in [6.07, 6.45) is 4.60. The Labute approximate surface area is 144 Å². The van der Waals surface area contributed by atoms with Crippen LogP contribution in [0.15, 0.2) is 54.6 Å². The first kappa shape index (κ1) is 18.2. The molecule has 2 aromatic rings. The SMILES string of the molecule is C#CCOC[C@H](O)CN(Cc1ccccc1)Cc1ccc(C)cc1. The van der Waals surface area contributed by atoms with E-state index in [2.05, 4.69) is 54.1 Å². The predicted octanol–water partition coefficient (Wildman–Crippen LogP) is 3.01. The summed E-state index contributed by atoms with van der Waals surface area (Å²) < 4.78 is 5.25. The Morgan fingerprint density at radius 3 is 2.29 bits per heavy atom. The van der Waals surface area contributed by atoms with Gasteiger partial charge in [-0.05, 0) is 18.1 Å². The van der Waals surface area contributed by atoms with Crippen LogP contribution < -0.4 is 0 Å². The number of ether oxygens (including phenoxy) is 1. The van der Waals surface area contributed by atoms with Gasteiger partial charge >= 0.3 is 0 Å². The molecule has 24 heavy (non-hydrogen) atoms. The monoisotopic (exact) mass is 323 g/mol. The second kappa shape index (κ2) is 9.89. The van der Waals surface area contributed by atoms with E-state index < -0.39 is 6.10 Å². The molecule has 3 nitrogen and oxygen atoms in total. The summed E-state index contributed by atoms with van der Waals surface area (Å²) in [5, 5.41) is 10.2. The van der Waals surface area contributed by atoms with Crippen LogP contribution in [0.3, 0.4) is 0 Å². The highest BCUT2D eigenvalue weighted by Crippen LogP contribution is 2.12. The molecule has 0 radical (unpaired) electrons. The maximum atomic E-state index is 10.2. The van der Waals surface area contributed by atoms with Gasteiger partial charge in [0, 0.05) is 19.6 Å². The molecule has 2 aromatic carbocycles. The lowest BCUT2D eigenvalue weighted by Crippen LogP contribution is -2.34. The van der Waals surface area contributed by atoms with Crippen molar-refractivity contribution in [1.29, 1.82) is 0 Å². The van der Waals surface area contributed by atoms with Gasteiger partial charge in [-0.3, -0.25) is 4.90 Å². The number of benzene rings is 2. The molecule has 0 amide bonds. The minimum atomic E-state index is -0.562. The van der Waals surface area contributed by atoms with E-state index in [1.54, 1.807) is 0 Å². The van der Waals surface area contributed by atoms with Gasteiger partial charge < -0.3 is 9.84 Å². The molecule has 0 spiro atoms. The Balaban J connectivity index is 2.00. The summed E-state index contributed by atoms with van der Waals surface area (Å²) in [7, 11) is 0. The molecule has 126 valence electrons. The van der Waals surface area contributed by atoms with Crippen LogP contribution in [0.4, 0.5) is 0 Å². The van der Waals surface area contributed by atoms with Crippen LogP contribution in [0.2, 0.25) is 0 Å². The zero-order chi connectivity index (χ0) is 17.2. The summed E-state index contributed by atoms with van der Waals surface area (Å²) in [5.41, 5.74) is 3.70. The van der Waals surface area contributed by atoms with Crippen molar-refractivity contribution in [2.45, 2.75) is 26.1 Å². The molecule has 3 heteroatoms. The van der Waals surface area contributed by atoms with Crippen molar-refractivity contribution in [3.8, 4) is 12.3 Å². The molecule has 0 aliphatic rings. The van der Waals surface area contributed by atoms with E-state index in [1.165, 1.54) is 16.7 Å². The van der Waals surface area contributed by atoms with Crippen molar-refractivity contribution in [2.24, 2.45) is 0 Å². The molecule has 0 bridgehead atoms. The molecule has 0 heterocycles. The van der Waals surface area contributed by atoms with E-state index >= 15 is 0 Å². The third-order valence-corrected chi connectivity index (χ3v) is 3.74. The van der Waals surface area contributed by atoms with E-state index in [0.717, 1.165) is 13.1 Å². The number of aliphatic hydroxyl groups is 1. The fraction of sp³-hybridized carbons (Fsp3) is 0.333. The maximum absolute atomic E-state index is 10.2. The lowest BCUT2D eigenvalue weighted by molar-refractivity contribution is 0.0243. The van der Waals surface area contributed by atoms with Crippen LogP contribution >= 0.6 is 0 Å². The number of nitrogens with zero attached hydrogens (tertiary/aromatic N) is 1. The van der Waals surface area contributed by atoms with Gasteiger partial charge in [-0.25, -0.2) is 0 Å². The number of aryl methyl sites for hydroxylation is 1. The molecule has 0 unspecified atom stereocenters. The molecule has 1 N–H and O–H groups in total. The molecular weight excluding hydrogens is 298 g/mol. The van der Waals surface area contributed by atoms with E-state index in [-0.39, 0.29) is 13.2 Å². The van der Waals surface area contributed by atoms with Crippen molar-refractivity contribution in [1.82, 2.24) is 4.90 Å². The molecule has 2 rings (SSSR count). The fourth-order valence-electron chi connectivity index (χ4n) is 2.58. The first-order chi connectivity index (χ1) is 11.7. The van der Waals surface area contributed by atoms with Gasteiger partial charge in [0.1, 0.15) is 6.61 Å². The van der Waals surface area contributed by atoms with Gasteiger partial charge in [-0.1, -0.05) is 66.1 Å². The fourth-order valence-corrected chi connectivity index (χ4v) is 2.58. The minimum Gasteiger partial charge on any atom is -0.389 e. The number of hydrogen-bond donors (Lipinski definition) is 1. The maximum Gasteiger partial charge on any atom is 0.107 e. The number of rotatable bonds is 9.